The minimum absolute atomic E-state index is 0. The van der Waals surface area contributed by atoms with E-state index in [0.29, 0.717) is 0 Å². The zero-order valence-corrected chi connectivity index (χ0v) is 9.71. The van der Waals surface area contributed by atoms with Crippen molar-refractivity contribution in [2.24, 2.45) is 0 Å². The minimum atomic E-state index is 0. The van der Waals surface area contributed by atoms with E-state index >= 15 is 0 Å². The first-order valence-corrected chi connectivity index (χ1v) is 4.23. The van der Waals surface area contributed by atoms with Crippen LogP contribution in [0.2, 0.25) is 0 Å². The first kappa shape index (κ1) is 23.7. The van der Waals surface area contributed by atoms with E-state index in [1.165, 1.54) is 24.3 Å². The molecule has 0 fully saturated rings. The molecule has 2 aromatic carbocycles. The topological polar surface area (TPSA) is 46.1 Å². The fraction of sp³-hybridized carbons (Fsp3) is 0. The Morgan fingerprint density at radius 3 is 0.941 bits per heavy atom. The Labute approximate surface area is 188 Å². The summed E-state index contributed by atoms with van der Waals surface area (Å²) < 4.78 is 0. The van der Waals surface area contributed by atoms with Crippen molar-refractivity contribution in [3.8, 4) is 11.5 Å². The summed E-state index contributed by atoms with van der Waals surface area (Å²) in [7, 11) is 0. The molecule has 0 spiro atoms. The summed E-state index contributed by atoms with van der Waals surface area (Å²) in [5, 5.41) is 20.5. The van der Waals surface area contributed by atoms with E-state index in [1.54, 1.807) is 24.3 Å². The van der Waals surface area contributed by atoms with Gasteiger partial charge in [0.25, 0.3) is 0 Å². The van der Waals surface area contributed by atoms with Crippen molar-refractivity contribution in [2.75, 3.05) is 0 Å². The zero-order chi connectivity index (χ0) is 10.2. The second-order valence-electron chi connectivity index (χ2n) is 2.63. The molecule has 0 unspecified atom stereocenters. The van der Waals surface area contributed by atoms with Gasteiger partial charge in [0, 0.05) is 0 Å². The average Bonchev–Trinajstić information content (AvgIpc) is 2.21. The molecule has 0 N–H and O–H groups in total. The van der Waals surface area contributed by atoms with E-state index in [2.05, 4.69) is 0 Å². The van der Waals surface area contributed by atoms with Gasteiger partial charge in [0.2, 0.25) is 0 Å². The Morgan fingerprint density at radius 1 is 0.588 bits per heavy atom. The van der Waals surface area contributed by atoms with Crippen molar-refractivity contribution < 1.29 is 10.2 Å². The zero-order valence-electron chi connectivity index (χ0n) is 8.30. The van der Waals surface area contributed by atoms with E-state index in [0.717, 1.165) is 0 Å². The van der Waals surface area contributed by atoms with Crippen LogP contribution in [0.15, 0.2) is 60.7 Å². The first-order chi connectivity index (χ1) is 6.79. The fourth-order valence-corrected chi connectivity index (χ4v) is 0.841. The number of hydrogen-bond acceptors (Lipinski definition) is 2. The standard InChI is InChI=1S/2C6H6O.Ba.Ca.Mg.4H/c2*7-6-4-2-1-3-5-6;;;;;;;/h2*1-5,7H;;;;;;;/q;;;;+2;;;;/p-2. The maximum absolute atomic E-state index is 10.3. The van der Waals surface area contributed by atoms with Crippen LogP contribution in [0.4, 0.5) is 0 Å². The molecule has 0 atom stereocenters. The molecule has 2 aromatic rings. The third-order valence-corrected chi connectivity index (χ3v) is 1.49. The van der Waals surface area contributed by atoms with Gasteiger partial charge in [0.05, 0.1) is 0 Å². The molecular formula is C12H14BaCaMgO2. The number of benzene rings is 2. The van der Waals surface area contributed by atoms with E-state index in [-0.39, 0.29) is 121 Å². The van der Waals surface area contributed by atoms with E-state index in [9.17, 15) is 10.2 Å². The SMILES string of the molecule is [BaH2].[CaH2].[Mg+2].[O-]c1ccccc1.[O-]c1ccccc1. The molecule has 0 saturated heterocycles. The third-order valence-electron chi connectivity index (χ3n) is 1.49. The van der Waals surface area contributed by atoms with Gasteiger partial charge in [-0.25, -0.2) is 0 Å². The van der Waals surface area contributed by atoms with Crippen molar-refractivity contribution in [2.45, 2.75) is 0 Å². The summed E-state index contributed by atoms with van der Waals surface area (Å²) in [6.07, 6.45) is 0. The predicted octanol–water partition coefficient (Wildman–Crippen LogP) is -0.693. The second kappa shape index (κ2) is 15.7. The Bertz CT molecular complexity index is 322. The molecule has 0 aliphatic carbocycles. The van der Waals surface area contributed by atoms with Crippen LogP contribution < -0.4 is 10.2 Å². The molecule has 5 heteroatoms. The van der Waals surface area contributed by atoms with Gasteiger partial charge in [-0.15, -0.1) is 11.5 Å². The Kier molecular flexibility index (Phi) is 21.9. The van der Waals surface area contributed by atoms with Crippen LogP contribution in [-0.2, 0) is 0 Å². The Morgan fingerprint density at radius 2 is 0.824 bits per heavy atom. The molecule has 0 aromatic heterocycles. The van der Waals surface area contributed by atoms with Gasteiger partial charge < -0.3 is 10.2 Å². The van der Waals surface area contributed by atoms with Crippen molar-refractivity contribution in [1.82, 2.24) is 0 Å². The molecule has 0 saturated carbocycles. The summed E-state index contributed by atoms with van der Waals surface area (Å²) >= 11 is 0. The normalized spacial score (nSPS) is 7.06. The second-order valence-corrected chi connectivity index (χ2v) is 2.63. The molecule has 2 rings (SSSR count). The van der Waals surface area contributed by atoms with E-state index < -0.39 is 0 Å². The van der Waals surface area contributed by atoms with E-state index in [1.807, 2.05) is 12.1 Å². The maximum Gasteiger partial charge on any atom is 2.00 e. The van der Waals surface area contributed by atoms with Crippen LogP contribution in [-0.4, -0.2) is 110 Å². The van der Waals surface area contributed by atoms with Crippen molar-refractivity contribution in [3.63, 3.8) is 0 Å². The summed E-state index contributed by atoms with van der Waals surface area (Å²) in [4.78, 5) is 0. The monoisotopic (exact) mass is 392 g/mol. The summed E-state index contributed by atoms with van der Waals surface area (Å²) in [6, 6.07) is 16.7. The van der Waals surface area contributed by atoms with Gasteiger partial charge in [-0.3, -0.25) is 0 Å². The van der Waals surface area contributed by atoms with Gasteiger partial charge in [-0.05, 0) is 0 Å². The maximum atomic E-state index is 10.3. The summed E-state index contributed by atoms with van der Waals surface area (Å²) in [5.74, 6) is 0.144. The fourth-order valence-electron chi connectivity index (χ4n) is 0.841. The predicted molar refractivity (Wildman–Crippen MR) is 74.6 cm³/mol. The van der Waals surface area contributed by atoms with Crippen molar-refractivity contribution >= 4 is 110 Å². The number of hydrogen-bond donors (Lipinski definition) is 0. The number of para-hydroxylation sites is 2. The molecule has 0 bridgehead atoms. The molecule has 0 aliphatic heterocycles. The summed E-state index contributed by atoms with van der Waals surface area (Å²) in [5.41, 5.74) is 0. The molecule has 0 radical (unpaired) electrons. The minimum Gasteiger partial charge on any atom is -0.872 e. The van der Waals surface area contributed by atoms with Gasteiger partial charge in [-0.1, -0.05) is 60.7 Å². The quantitative estimate of drug-likeness (QED) is 0.558. The number of rotatable bonds is 0. The van der Waals surface area contributed by atoms with Crippen molar-refractivity contribution in [1.29, 1.82) is 0 Å². The van der Waals surface area contributed by atoms with Crippen LogP contribution in [0.25, 0.3) is 0 Å². The molecule has 80 valence electrons. The molecule has 0 amide bonds. The molecule has 0 aliphatic rings. The molecule has 0 heterocycles. The molecule has 17 heavy (non-hydrogen) atoms. The Hall–Kier alpha value is 1.64. The molecule has 2 nitrogen and oxygen atoms in total. The van der Waals surface area contributed by atoms with Crippen LogP contribution in [0.5, 0.6) is 11.5 Å². The van der Waals surface area contributed by atoms with Crippen LogP contribution >= 0.6 is 0 Å². The Balaban J connectivity index is -0.000000196. The van der Waals surface area contributed by atoms with Crippen LogP contribution in [0, 0.1) is 0 Å². The van der Waals surface area contributed by atoms with E-state index in [4.69, 9.17) is 0 Å². The van der Waals surface area contributed by atoms with Crippen LogP contribution in [0.1, 0.15) is 0 Å². The molecular weight excluding hydrogens is 378 g/mol. The largest absolute Gasteiger partial charge is 2.00 e. The van der Waals surface area contributed by atoms with Gasteiger partial charge in [0.1, 0.15) is 0 Å². The first-order valence-electron chi connectivity index (χ1n) is 4.23. The third kappa shape index (κ3) is 13.9. The average molecular weight is 392 g/mol. The van der Waals surface area contributed by atoms with Gasteiger partial charge in [-0.2, -0.15) is 0 Å². The smallest absolute Gasteiger partial charge is 0.872 e. The van der Waals surface area contributed by atoms with Gasteiger partial charge >= 0.3 is 110 Å². The van der Waals surface area contributed by atoms with Gasteiger partial charge in [0.15, 0.2) is 0 Å². The summed E-state index contributed by atoms with van der Waals surface area (Å²) in [6.45, 7) is 0. The van der Waals surface area contributed by atoms with Crippen molar-refractivity contribution in [3.05, 3.63) is 60.7 Å². The van der Waals surface area contributed by atoms with Crippen LogP contribution in [0.3, 0.4) is 0 Å².